The lowest BCUT2D eigenvalue weighted by Crippen LogP contribution is -2.32. The number of hydrogen-bond acceptors (Lipinski definition) is 8. The Morgan fingerprint density at radius 3 is 2.11 bits per heavy atom. The number of nitrogens with zero attached hydrogens (tertiary/aromatic N) is 1. The van der Waals surface area contributed by atoms with Gasteiger partial charge in [-0.1, -0.05) is 19.8 Å². The molecular weight excluding hydrogens is 358 g/mol. The highest BCUT2D eigenvalue weighted by molar-refractivity contribution is 6.01. The van der Waals surface area contributed by atoms with Crippen molar-refractivity contribution in [3.8, 4) is 0 Å². The first-order chi connectivity index (χ1) is 12.7. The fourth-order valence-corrected chi connectivity index (χ4v) is 2.42. The highest BCUT2D eigenvalue weighted by atomic mass is 16.7. The number of carbonyl (C=O) groups is 6. The van der Waals surface area contributed by atoms with Crippen molar-refractivity contribution >= 4 is 35.3 Å². The smallest absolute Gasteiger partial charge is 0.333 e. The maximum Gasteiger partial charge on any atom is 0.333 e. The minimum atomic E-state index is -1.16. The van der Waals surface area contributed by atoms with Crippen molar-refractivity contribution in [2.24, 2.45) is 0 Å². The van der Waals surface area contributed by atoms with Gasteiger partial charge in [-0.15, -0.1) is 5.06 Å². The summed E-state index contributed by atoms with van der Waals surface area (Å²) >= 11 is 0. The predicted octanol–water partition coefficient (Wildman–Crippen LogP) is 1.41. The van der Waals surface area contributed by atoms with Gasteiger partial charge in [-0.05, 0) is 13.3 Å². The van der Waals surface area contributed by atoms with Gasteiger partial charge < -0.3 is 9.57 Å². The average Bonchev–Trinajstić information content (AvgIpc) is 2.91. The van der Waals surface area contributed by atoms with Crippen LogP contribution < -0.4 is 0 Å². The van der Waals surface area contributed by atoms with Crippen LogP contribution in [0.2, 0.25) is 0 Å². The second kappa shape index (κ2) is 11.2. The lowest BCUT2D eigenvalue weighted by molar-refractivity contribution is -0.197. The van der Waals surface area contributed by atoms with Gasteiger partial charge in [0.05, 0.1) is 19.3 Å². The van der Waals surface area contributed by atoms with Crippen LogP contribution in [0.5, 0.6) is 0 Å². The Labute approximate surface area is 157 Å². The van der Waals surface area contributed by atoms with Gasteiger partial charge in [0.2, 0.25) is 0 Å². The summed E-state index contributed by atoms with van der Waals surface area (Å²) < 4.78 is 5.05. The molecule has 1 heterocycles. The van der Waals surface area contributed by atoms with E-state index in [0.717, 1.165) is 12.8 Å². The van der Waals surface area contributed by atoms with Gasteiger partial charge >= 0.3 is 11.9 Å². The zero-order valence-electron chi connectivity index (χ0n) is 15.7. The van der Waals surface area contributed by atoms with Crippen LogP contribution in [0.15, 0.2) is 0 Å². The molecule has 27 heavy (non-hydrogen) atoms. The van der Waals surface area contributed by atoms with Gasteiger partial charge in [0, 0.05) is 19.3 Å². The van der Waals surface area contributed by atoms with E-state index in [1.807, 2.05) is 6.92 Å². The number of ether oxygens (including phenoxy) is 1. The molecule has 0 saturated carbocycles. The van der Waals surface area contributed by atoms with Gasteiger partial charge in [0.1, 0.15) is 5.78 Å². The molecule has 0 bridgehead atoms. The van der Waals surface area contributed by atoms with Crippen LogP contribution in [0.25, 0.3) is 0 Å². The molecule has 1 aliphatic heterocycles. The van der Waals surface area contributed by atoms with Gasteiger partial charge in [0.25, 0.3) is 11.8 Å². The third kappa shape index (κ3) is 8.10. The summed E-state index contributed by atoms with van der Waals surface area (Å²) in [5.41, 5.74) is 0. The predicted molar refractivity (Wildman–Crippen MR) is 90.7 cm³/mol. The standard InChI is InChI=1S/C18H25NO8/c1-3-4-5-6-13(21)14(11-12(2)20)26-17(24)9-10-18(25)27-19-15(22)7-8-16(19)23/h14H,3-11H2,1-2H3/t14-/m1/s1. The van der Waals surface area contributed by atoms with E-state index in [1.165, 1.54) is 6.92 Å². The van der Waals surface area contributed by atoms with E-state index in [-0.39, 0.29) is 37.2 Å². The Kier molecular flexibility index (Phi) is 9.32. The molecule has 1 atom stereocenters. The van der Waals surface area contributed by atoms with Gasteiger partial charge in [-0.2, -0.15) is 0 Å². The molecule has 0 unspecified atom stereocenters. The monoisotopic (exact) mass is 383 g/mol. The van der Waals surface area contributed by atoms with E-state index in [2.05, 4.69) is 4.84 Å². The molecule has 1 rings (SSSR count). The summed E-state index contributed by atoms with van der Waals surface area (Å²) in [6.07, 6.45) is 0.384. The highest BCUT2D eigenvalue weighted by Crippen LogP contribution is 2.14. The quantitative estimate of drug-likeness (QED) is 0.281. The number of rotatable bonds is 12. The molecule has 0 N–H and O–H groups in total. The first-order valence-corrected chi connectivity index (χ1v) is 9.02. The number of unbranched alkanes of at least 4 members (excludes halogenated alkanes) is 2. The third-order valence-electron chi connectivity index (χ3n) is 3.86. The number of hydrogen-bond donors (Lipinski definition) is 0. The van der Waals surface area contributed by atoms with E-state index in [0.29, 0.717) is 11.5 Å². The first kappa shape index (κ1) is 22.5. The number of ketones is 2. The number of carbonyl (C=O) groups excluding carboxylic acids is 6. The van der Waals surface area contributed by atoms with Crippen molar-refractivity contribution in [3.63, 3.8) is 0 Å². The number of amides is 2. The van der Waals surface area contributed by atoms with Crippen LogP contribution >= 0.6 is 0 Å². The molecule has 150 valence electrons. The highest BCUT2D eigenvalue weighted by Gasteiger charge is 2.33. The van der Waals surface area contributed by atoms with Crippen molar-refractivity contribution < 1.29 is 38.3 Å². The van der Waals surface area contributed by atoms with Crippen molar-refractivity contribution in [1.29, 1.82) is 0 Å². The van der Waals surface area contributed by atoms with E-state index >= 15 is 0 Å². The molecule has 0 spiro atoms. The summed E-state index contributed by atoms with van der Waals surface area (Å²) in [5, 5.41) is 0.392. The molecule has 0 aromatic carbocycles. The Balaban J connectivity index is 2.46. The molecule has 0 aromatic rings. The molecule has 0 aliphatic carbocycles. The van der Waals surface area contributed by atoms with Crippen molar-refractivity contribution in [3.05, 3.63) is 0 Å². The number of imide groups is 1. The molecule has 2 amide bonds. The lowest BCUT2D eigenvalue weighted by Gasteiger charge is -2.16. The van der Waals surface area contributed by atoms with Crippen LogP contribution in [0.4, 0.5) is 0 Å². The summed E-state index contributed by atoms with van der Waals surface area (Å²) in [6, 6.07) is 0. The normalized spacial score (nSPS) is 14.8. The number of hydroxylamine groups is 2. The molecule has 1 fully saturated rings. The summed E-state index contributed by atoms with van der Waals surface area (Å²) in [4.78, 5) is 74.3. The molecular formula is C18H25NO8. The summed E-state index contributed by atoms with van der Waals surface area (Å²) in [5.74, 6) is -3.62. The Morgan fingerprint density at radius 2 is 1.56 bits per heavy atom. The second-order valence-corrected chi connectivity index (χ2v) is 6.35. The molecule has 1 aliphatic rings. The van der Waals surface area contributed by atoms with Crippen molar-refractivity contribution in [2.45, 2.75) is 77.7 Å². The van der Waals surface area contributed by atoms with E-state index < -0.39 is 42.7 Å². The van der Waals surface area contributed by atoms with E-state index in [9.17, 15) is 28.8 Å². The zero-order chi connectivity index (χ0) is 20.4. The maximum atomic E-state index is 12.1. The zero-order valence-corrected chi connectivity index (χ0v) is 15.7. The van der Waals surface area contributed by atoms with Crippen molar-refractivity contribution in [2.75, 3.05) is 0 Å². The maximum absolute atomic E-state index is 12.1. The van der Waals surface area contributed by atoms with Crippen LogP contribution in [-0.2, 0) is 38.3 Å². The Morgan fingerprint density at radius 1 is 0.963 bits per heavy atom. The number of esters is 1. The molecule has 9 nitrogen and oxygen atoms in total. The average molecular weight is 383 g/mol. The minimum Gasteiger partial charge on any atom is -0.454 e. The van der Waals surface area contributed by atoms with E-state index in [1.54, 1.807) is 0 Å². The fourth-order valence-electron chi connectivity index (χ4n) is 2.42. The second-order valence-electron chi connectivity index (χ2n) is 6.35. The van der Waals surface area contributed by atoms with E-state index in [4.69, 9.17) is 4.74 Å². The van der Waals surface area contributed by atoms with Crippen LogP contribution in [-0.4, -0.2) is 46.5 Å². The molecule has 9 heteroatoms. The van der Waals surface area contributed by atoms with Gasteiger partial charge in [-0.25, -0.2) is 4.79 Å². The van der Waals surface area contributed by atoms with Crippen LogP contribution in [0, 0.1) is 0 Å². The van der Waals surface area contributed by atoms with Crippen LogP contribution in [0.3, 0.4) is 0 Å². The van der Waals surface area contributed by atoms with Crippen molar-refractivity contribution in [1.82, 2.24) is 5.06 Å². The largest absolute Gasteiger partial charge is 0.454 e. The summed E-state index contributed by atoms with van der Waals surface area (Å²) in [6.45, 7) is 3.28. The molecule has 0 aromatic heterocycles. The van der Waals surface area contributed by atoms with Crippen LogP contribution in [0.1, 0.15) is 71.6 Å². The Hall–Kier alpha value is -2.58. The summed E-state index contributed by atoms with van der Waals surface area (Å²) in [7, 11) is 0. The SMILES string of the molecule is CCCCCC(=O)[C@@H](CC(C)=O)OC(=O)CCC(=O)ON1C(=O)CCC1=O. The fraction of sp³-hybridized carbons (Fsp3) is 0.667. The molecule has 1 saturated heterocycles. The molecule has 0 radical (unpaired) electrons. The Bertz CT molecular complexity index is 596. The topological polar surface area (TPSA) is 124 Å². The first-order valence-electron chi connectivity index (χ1n) is 9.02. The number of Topliss-reactive ketones (excluding diaryl/α,β-unsaturated/α-hetero) is 2. The van der Waals surface area contributed by atoms with Gasteiger partial charge in [-0.3, -0.25) is 24.0 Å². The minimum absolute atomic E-state index is 0.0268. The lowest BCUT2D eigenvalue weighted by atomic mass is 10.0. The van der Waals surface area contributed by atoms with Gasteiger partial charge in [0.15, 0.2) is 11.9 Å². The third-order valence-corrected chi connectivity index (χ3v) is 3.86.